The zero-order valence-corrected chi connectivity index (χ0v) is 12.4. The van der Waals surface area contributed by atoms with Crippen molar-refractivity contribution in [3.8, 4) is 5.75 Å². The molecule has 1 aromatic heterocycles. The van der Waals surface area contributed by atoms with E-state index in [0.717, 1.165) is 28.5 Å². The average molecular weight is 285 g/mol. The molecule has 0 atom stereocenters. The molecule has 2 N–H and O–H groups in total. The van der Waals surface area contributed by atoms with Gasteiger partial charge in [-0.25, -0.2) is 0 Å². The number of benzene rings is 1. The van der Waals surface area contributed by atoms with E-state index in [1.165, 1.54) is 6.92 Å². The van der Waals surface area contributed by atoms with Gasteiger partial charge in [0, 0.05) is 36.1 Å². The third kappa shape index (κ3) is 4.49. The quantitative estimate of drug-likeness (QED) is 0.886. The Bertz CT molecular complexity index is 641. The lowest BCUT2D eigenvalue weighted by Gasteiger charge is -2.10. The van der Waals surface area contributed by atoms with Crippen molar-refractivity contribution in [2.45, 2.75) is 20.4 Å². The molecule has 0 radical (unpaired) electrons. The normalized spacial score (nSPS) is 10.0. The number of carbonyl (C=O) groups excluding carboxylic acids is 1. The molecular formula is C16H19N3O2. The smallest absolute Gasteiger partial charge is 0.221 e. The molecule has 2 aromatic rings. The number of aromatic nitrogens is 1. The predicted molar refractivity (Wildman–Crippen MR) is 83.6 cm³/mol. The third-order valence-electron chi connectivity index (χ3n) is 2.87. The van der Waals surface area contributed by atoms with Gasteiger partial charge in [-0.05, 0) is 25.1 Å². The highest BCUT2D eigenvalue weighted by molar-refractivity contribution is 5.89. The van der Waals surface area contributed by atoms with Crippen LogP contribution in [0.2, 0.25) is 0 Å². The molecule has 21 heavy (non-hydrogen) atoms. The SMILES string of the molecule is COc1cc(C)nc(CNc2cccc(NC(C)=O)c2)c1. The largest absolute Gasteiger partial charge is 0.497 e. The minimum absolute atomic E-state index is 0.0859. The van der Waals surface area contributed by atoms with Crippen LogP contribution < -0.4 is 15.4 Å². The summed E-state index contributed by atoms with van der Waals surface area (Å²) in [7, 11) is 1.64. The zero-order valence-electron chi connectivity index (χ0n) is 12.4. The van der Waals surface area contributed by atoms with Gasteiger partial charge in [-0.3, -0.25) is 9.78 Å². The Morgan fingerprint density at radius 3 is 2.71 bits per heavy atom. The summed E-state index contributed by atoms with van der Waals surface area (Å²) in [6, 6.07) is 11.4. The van der Waals surface area contributed by atoms with E-state index in [9.17, 15) is 4.79 Å². The van der Waals surface area contributed by atoms with Crippen LogP contribution in [0.25, 0.3) is 0 Å². The number of amides is 1. The van der Waals surface area contributed by atoms with Gasteiger partial charge in [-0.2, -0.15) is 0 Å². The molecule has 110 valence electrons. The zero-order chi connectivity index (χ0) is 15.2. The van der Waals surface area contributed by atoms with Crippen molar-refractivity contribution < 1.29 is 9.53 Å². The summed E-state index contributed by atoms with van der Waals surface area (Å²) in [5.74, 6) is 0.712. The Hall–Kier alpha value is -2.56. The number of methoxy groups -OCH3 is 1. The van der Waals surface area contributed by atoms with Crippen LogP contribution in [0.4, 0.5) is 11.4 Å². The Kier molecular flexibility index (Phi) is 4.77. The van der Waals surface area contributed by atoms with Crippen LogP contribution in [0.15, 0.2) is 36.4 Å². The first kappa shape index (κ1) is 14.8. The topological polar surface area (TPSA) is 63.2 Å². The number of pyridine rings is 1. The second-order valence-corrected chi connectivity index (χ2v) is 4.76. The van der Waals surface area contributed by atoms with Crippen LogP contribution in [0.1, 0.15) is 18.3 Å². The van der Waals surface area contributed by atoms with Gasteiger partial charge in [0.15, 0.2) is 0 Å². The highest BCUT2D eigenvalue weighted by Gasteiger charge is 2.02. The van der Waals surface area contributed by atoms with Gasteiger partial charge in [0.2, 0.25) is 5.91 Å². The number of carbonyl (C=O) groups is 1. The van der Waals surface area contributed by atoms with Crippen LogP contribution in [0.3, 0.4) is 0 Å². The standard InChI is InChI=1S/C16H19N3O2/c1-11-7-16(21-3)9-15(18-11)10-17-13-5-4-6-14(8-13)19-12(2)20/h4-9,17H,10H2,1-3H3,(H,19,20). The molecule has 0 bridgehead atoms. The van der Waals surface area contributed by atoms with Crippen molar-refractivity contribution in [1.29, 1.82) is 0 Å². The van der Waals surface area contributed by atoms with E-state index >= 15 is 0 Å². The summed E-state index contributed by atoms with van der Waals surface area (Å²) in [4.78, 5) is 15.5. The number of hydrogen-bond acceptors (Lipinski definition) is 4. The Balaban J connectivity index is 2.06. The summed E-state index contributed by atoms with van der Waals surface area (Å²) in [5, 5.41) is 6.04. The maximum atomic E-state index is 11.1. The summed E-state index contributed by atoms with van der Waals surface area (Å²) >= 11 is 0. The van der Waals surface area contributed by atoms with E-state index in [1.807, 2.05) is 43.3 Å². The predicted octanol–water partition coefficient (Wildman–Crippen LogP) is 2.97. The summed E-state index contributed by atoms with van der Waals surface area (Å²) in [6.07, 6.45) is 0. The monoisotopic (exact) mass is 285 g/mol. The van der Waals surface area contributed by atoms with Crippen LogP contribution in [-0.2, 0) is 11.3 Å². The summed E-state index contributed by atoms with van der Waals surface area (Å²) in [5.41, 5.74) is 3.50. The highest BCUT2D eigenvalue weighted by atomic mass is 16.5. The molecule has 1 aromatic carbocycles. The number of rotatable bonds is 5. The molecule has 2 rings (SSSR count). The molecule has 0 saturated heterocycles. The van der Waals surface area contributed by atoms with E-state index in [2.05, 4.69) is 15.6 Å². The first-order valence-electron chi connectivity index (χ1n) is 6.70. The molecular weight excluding hydrogens is 266 g/mol. The number of ether oxygens (including phenoxy) is 1. The maximum absolute atomic E-state index is 11.1. The second-order valence-electron chi connectivity index (χ2n) is 4.76. The number of hydrogen-bond donors (Lipinski definition) is 2. The number of nitrogens with one attached hydrogen (secondary N) is 2. The second kappa shape index (κ2) is 6.74. The minimum Gasteiger partial charge on any atom is -0.497 e. The van der Waals surface area contributed by atoms with E-state index in [1.54, 1.807) is 7.11 Å². The maximum Gasteiger partial charge on any atom is 0.221 e. The van der Waals surface area contributed by atoms with Gasteiger partial charge in [0.25, 0.3) is 0 Å². The molecule has 0 spiro atoms. The van der Waals surface area contributed by atoms with E-state index in [4.69, 9.17) is 4.74 Å². The molecule has 0 aliphatic rings. The molecule has 0 fully saturated rings. The van der Waals surface area contributed by atoms with Gasteiger partial charge in [0.05, 0.1) is 19.3 Å². The molecule has 0 saturated carbocycles. The summed E-state index contributed by atoms with van der Waals surface area (Å²) < 4.78 is 5.24. The van der Waals surface area contributed by atoms with E-state index in [0.29, 0.717) is 6.54 Å². The van der Waals surface area contributed by atoms with Gasteiger partial charge in [-0.15, -0.1) is 0 Å². The van der Waals surface area contributed by atoms with Gasteiger partial charge < -0.3 is 15.4 Å². The third-order valence-corrected chi connectivity index (χ3v) is 2.87. The summed E-state index contributed by atoms with van der Waals surface area (Å²) in [6.45, 7) is 4.01. The number of nitrogens with zero attached hydrogens (tertiary/aromatic N) is 1. The first-order chi connectivity index (χ1) is 10.1. The lowest BCUT2D eigenvalue weighted by atomic mass is 10.2. The van der Waals surface area contributed by atoms with Crippen molar-refractivity contribution in [3.63, 3.8) is 0 Å². The lowest BCUT2D eigenvalue weighted by Crippen LogP contribution is -2.07. The van der Waals surface area contributed by atoms with Crippen molar-refractivity contribution in [3.05, 3.63) is 47.8 Å². The minimum atomic E-state index is -0.0859. The lowest BCUT2D eigenvalue weighted by molar-refractivity contribution is -0.114. The molecule has 0 aliphatic carbocycles. The van der Waals surface area contributed by atoms with Crippen LogP contribution in [0, 0.1) is 6.92 Å². The van der Waals surface area contributed by atoms with Crippen molar-refractivity contribution >= 4 is 17.3 Å². The van der Waals surface area contributed by atoms with Gasteiger partial charge in [0.1, 0.15) is 5.75 Å². The molecule has 0 unspecified atom stereocenters. The Morgan fingerprint density at radius 1 is 1.24 bits per heavy atom. The Labute approximate surface area is 124 Å². The van der Waals surface area contributed by atoms with Crippen LogP contribution in [-0.4, -0.2) is 18.0 Å². The van der Waals surface area contributed by atoms with Crippen LogP contribution >= 0.6 is 0 Å². The van der Waals surface area contributed by atoms with E-state index < -0.39 is 0 Å². The fraction of sp³-hybridized carbons (Fsp3) is 0.250. The average Bonchev–Trinajstić information content (AvgIpc) is 2.44. The van der Waals surface area contributed by atoms with E-state index in [-0.39, 0.29) is 5.91 Å². The van der Waals surface area contributed by atoms with Crippen molar-refractivity contribution in [2.24, 2.45) is 0 Å². The molecule has 5 nitrogen and oxygen atoms in total. The van der Waals surface area contributed by atoms with Gasteiger partial charge >= 0.3 is 0 Å². The first-order valence-corrected chi connectivity index (χ1v) is 6.70. The Morgan fingerprint density at radius 2 is 2.00 bits per heavy atom. The number of anilines is 2. The molecule has 5 heteroatoms. The van der Waals surface area contributed by atoms with Crippen molar-refractivity contribution in [2.75, 3.05) is 17.7 Å². The highest BCUT2D eigenvalue weighted by Crippen LogP contribution is 2.17. The fourth-order valence-electron chi connectivity index (χ4n) is 2.01. The van der Waals surface area contributed by atoms with Gasteiger partial charge in [-0.1, -0.05) is 6.07 Å². The van der Waals surface area contributed by atoms with Crippen molar-refractivity contribution in [1.82, 2.24) is 4.98 Å². The fourth-order valence-corrected chi connectivity index (χ4v) is 2.01. The molecule has 1 heterocycles. The molecule has 0 aliphatic heterocycles. The van der Waals surface area contributed by atoms with Crippen LogP contribution in [0.5, 0.6) is 5.75 Å². The molecule has 1 amide bonds. The number of aryl methyl sites for hydroxylation is 1.